The lowest BCUT2D eigenvalue weighted by atomic mass is 9.90. The number of benzene rings is 1. The predicted octanol–water partition coefficient (Wildman–Crippen LogP) is 3.63. The average Bonchev–Trinajstić information content (AvgIpc) is 2.50. The highest BCUT2D eigenvalue weighted by molar-refractivity contribution is 7.92. The second kappa shape index (κ2) is 8.34. The number of aliphatic carboxylic acids is 1. The van der Waals surface area contributed by atoms with Gasteiger partial charge in [-0.2, -0.15) is 0 Å². The Bertz CT molecular complexity index is 634. The van der Waals surface area contributed by atoms with Gasteiger partial charge in [-0.3, -0.25) is 4.79 Å². The predicted molar refractivity (Wildman–Crippen MR) is 89.8 cm³/mol. The molecule has 1 aromatic carbocycles. The molecule has 0 aromatic heterocycles. The van der Waals surface area contributed by atoms with Crippen molar-refractivity contribution in [2.45, 2.75) is 62.5 Å². The van der Waals surface area contributed by atoms with Gasteiger partial charge in [-0.15, -0.1) is 0 Å². The normalized spacial score (nSPS) is 13.1. The van der Waals surface area contributed by atoms with E-state index in [4.69, 9.17) is 9.84 Å². The molecule has 0 saturated carbocycles. The fraction of sp³-hybridized carbons (Fsp3) is 0.588. The highest BCUT2D eigenvalue weighted by atomic mass is 32.2. The number of ether oxygens (including phenoxy) is 1. The van der Waals surface area contributed by atoms with Gasteiger partial charge in [-0.1, -0.05) is 25.8 Å². The number of methoxy groups -OCH3 is 1. The number of carbonyl (C=O) groups is 1. The van der Waals surface area contributed by atoms with Gasteiger partial charge in [-0.05, 0) is 43.9 Å². The maximum atomic E-state index is 12.3. The highest BCUT2D eigenvalue weighted by Gasteiger charge is 2.24. The molecule has 0 bridgehead atoms. The van der Waals surface area contributed by atoms with Crippen LogP contribution < -0.4 is 4.74 Å². The number of rotatable bonds is 9. The lowest BCUT2D eigenvalue weighted by Crippen LogP contribution is -2.15. The zero-order chi connectivity index (χ0) is 17.6. The van der Waals surface area contributed by atoms with E-state index in [1.54, 1.807) is 26.0 Å². The summed E-state index contributed by atoms with van der Waals surface area (Å²) >= 11 is 0. The van der Waals surface area contributed by atoms with Crippen LogP contribution >= 0.6 is 0 Å². The molecule has 1 atom stereocenters. The Morgan fingerprint density at radius 1 is 1.30 bits per heavy atom. The monoisotopic (exact) mass is 342 g/mol. The van der Waals surface area contributed by atoms with E-state index in [2.05, 4.69) is 0 Å². The molecule has 23 heavy (non-hydrogen) atoms. The van der Waals surface area contributed by atoms with Crippen molar-refractivity contribution in [3.05, 3.63) is 23.8 Å². The third kappa shape index (κ3) is 4.96. The molecular weight excluding hydrogens is 316 g/mol. The lowest BCUT2D eigenvalue weighted by Gasteiger charge is -2.19. The first-order valence-corrected chi connectivity index (χ1v) is 9.42. The molecule has 0 aliphatic heterocycles. The Kier molecular flexibility index (Phi) is 7.06. The van der Waals surface area contributed by atoms with E-state index in [0.717, 1.165) is 24.8 Å². The zero-order valence-corrected chi connectivity index (χ0v) is 15.0. The first-order chi connectivity index (χ1) is 10.7. The van der Waals surface area contributed by atoms with Crippen LogP contribution in [-0.4, -0.2) is 31.9 Å². The fourth-order valence-electron chi connectivity index (χ4n) is 2.51. The molecule has 0 amide bonds. The molecule has 1 rings (SSSR count). The molecular formula is C17H26O5S. The van der Waals surface area contributed by atoms with E-state index < -0.39 is 21.1 Å². The molecule has 1 N–H and O–H groups in total. The summed E-state index contributed by atoms with van der Waals surface area (Å²) < 4.78 is 29.9. The molecule has 5 nitrogen and oxygen atoms in total. The molecule has 0 aliphatic rings. The van der Waals surface area contributed by atoms with Crippen molar-refractivity contribution in [3.63, 3.8) is 0 Å². The third-order valence-electron chi connectivity index (χ3n) is 3.92. The van der Waals surface area contributed by atoms with Crippen molar-refractivity contribution in [1.82, 2.24) is 0 Å². The Morgan fingerprint density at radius 2 is 1.96 bits per heavy atom. The minimum Gasteiger partial charge on any atom is -0.496 e. The summed E-state index contributed by atoms with van der Waals surface area (Å²) in [5.41, 5.74) is 0.756. The van der Waals surface area contributed by atoms with E-state index in [-0.39, 0.29) is 17.2 Å². The molecule has 130 valence electrons. The Hall–Kier alpha value is -1.56. The number of hydrogen-bond donors (Lipinski definition) is 1. The number of carboxylic acids is 1. The van der Waals surface area contributed by atoms with Gasteiger partial charge >= 0.3 is 5.97 Å². The van der Waals surface area contributed by atoms with Crippen LogP contribution in [0.2, 0.25) is 0 Å². The average molecular weight is 342 g/mol. The van der Waals surface area contributed by atoms with Crippen LogP contribution in [0.1, 0.15) is 57.9 Å². The van der Waals surface area contributed by atoms with E-state index in [9.17, 15) is 13.2 Å². The maximum Gasteiger partial charge on any atom is 0.303 e. The Morgan fingerprint density at radius 3 is 2.43 bits per heavy atom. The minimum absolute atomic E-state index is 0.00658. The van der Waals surface area contributed by atoms with Crippen LogP contribution in [-0.2, 0) is 14.6 Å². The number of carboxylic acid groups (broad SMARTS) is 1. The van der Waals surface area contributed by atoms with E-state index in [1.807, 2.05) is 6.92 Å². The smallest absolute Gasteiger partial charge is 0.303 e. The van der Waals surface area contributed by atoms with Crippen LogP contribution in [0.3, 0.4) is 0 Å². The van der Waals surface area contributed by atoms with Crippen molar-refractivity contribution in [1.29, 1.82) is 0 Å². The highest BCUT2D eigenvalue weighted by Crippen LogP contribution is 2.35. The molecule has 0 fully saturated rings. The third-order valence-corrected chi connectivity index (χ3v) is 6.07. The van der Waals surface area contributed by atoms with Crippen molar-refractivity contribution in [2.75, 3.05) is 7.11 Å². The van der Waals surface area contributed by atoms with E-state index in [0.29, 0.717) is 5.75 Å². The van der Waals surface area contributed by atoms with Crippen LogP contribution in [0, 0.1) is 0 Å². The molecule has 6 heteroatoms. The second-order valence-corrected chi connectivity index (χ2v) is 8.44. The summed E-state index contributed by atoms with van der Waals surface area (Å²) in [6.07, 6.45) is 2.62. The van der Waals surface area contributed by atoms with E-state index in [1.165, 1.54) is 13.2 Å². The van der Waals surface area contributed by atoms with E-state index >= 15 is 0 Å². The van der Waals surface area contributed by atoms with Crippen LogP contribution in [0.4, 0.5) is 0 Å². The molecule has 0 heterocycles. The maximum absolute atomic E-state index is 12.3. The first-order valence-electron chi connectivity index (χ1n) is 7.87. The number of hydrogen-bond acceptors (Lipinski definition) is 4. The summed E-state index contributed by atoms with van der Waals surface area (Å²) in [7, 11) is -1.91. The van der Waals surface area contributed by atoms with Gasteiger partial charge in [0.2, 0.25) is 0 Å². The van der Waals surface area contributed by atoms with Crippen LogP contribution in [0.15, 0.2) is 23.1 Å². The fourth-order valence-corrected chi connectivity index (χ4v) is 3.58. The topological polar surface area (TPSA) is 80.7 Å². The van der Waals surface area contributed by atoms with Crippen molar-refractivity contribution in [3.8, 4) is 5.75 Å². The summed E-state index contributed by atoms with van der Waals surface area (Å²) in [5.74, 6) is -0.612. The van der Waals surface area contributed by atoms with Gasteiger partial charge in [0.25, 0.3) is 0 Å². The molecule has 0 radical (unpaired) electrons. The summed E-state index contributed by atoms with van der Waals surface area (Å²) in [6, 6.07) is 4.75. The Labute approximate surface area is 138 Å². The molecule has 1 aromatic rings. The number of unbranched alkanes of at least 4 members (excludes halogenated alkanes) is 1. The quantitative estimate of drug-likeness (QED) is 0.741. The SMILES string of the molecule is CCCCC(CC(=O)O)c1ccc(S(=O)(=O)C(C)C)cc1OC. The van der Waals surface area contributed by atoms with Gasteiger partial charge in [0.15, 0.2) is 9.84 Å². The summed E-state index contributed by atoms with van der Waals surface area (Å²) in [6.45, 7) is 5.31. The molecule has 0 spiro atoms. The minimum atomic E-state index is -3.39. The molecule has 1 unspecified atom stereocenters. The van der Waals surface area contributed by atoms with Gasteiger partial charge in [0, 0.05) is 0 Å². The molecule has 0 aliphatic carbocycles. The van der Waals surface area contributed by atoms with Crippen molar-refractivity contribution in [2.24, 2.45) is 0 Å². The summed E-state index contributed by atoms with van der Waals surface area (Å²) in [4.78, 5) is 11.3. The largest absolute Gasteiger partial charge is 0.496 e. The van der Waals surface area contributed by atoms with Crippen molar-refractivity contribution >= 4 is 15.8 Å². The van der Waals surface area contributed by atoms with Gasteiger partial charge in [0.1, 0.15) is 5.75 Å². The van der Waals surface area contributed by atoms with Crippen LogP contribution in [0.5, 0.6) is 5.75 Å². The van der Waals surface area contributed by atoms with Crippen LogP contribution in [0.25, 0.3) is 0 Å². The standard InChI is InChI=1S/C17H26O5S/c1-5-6-7-13(10-17(18)19)15-9-8-14(11-16(15)22-4)23(20,21)12(2)3/h8-9,11-13H,5-7,10H2,1-4H3,(H,18,19). The lowest BCUT2D eigenvalue weighted by molar-refractivity contribution is -0.137. The van der Waals surface area contributed by atoms with Crippen molar-refractivity contribution < 1.29 is 23.1 Å². The zero-order valence-electron chi connectivity index (χ0n) is 14.2. The second-order valence-electron chi connectivity index (χ2n) is 5.93. The number of sulfone groups is 1. The Balaban J connectivity index is 3.27. The van der Waals surface area contributed by atoms with Gasteiger partial charge < -0.3 is 9.84 Å². The van der Waals surface area contributed by atoms with Gasteiger partial charge in [-0.25, -0.2) is 8.42 Å². The first kappa shape index (κ1) is 19.5. The van der Waals surface area contributed by atoms with Gasteiger partial charge in [0.05, 0.1) is 23.7 Å². The summed E-state index contributed by atoms with van der Waals surface area (Å²) in [5, 5.41) is 8.61. The molecule has 0 saturated heterocycles.